The number of rotatable bonds is 8. The highest BCUT2D eigenvalue weighted by Gasteiger charge is 2.20. The fraction of sp³-hybridized carbons (Fsp3) is 0.500. The smallest absolute Gasteiger partial charge is 0.119 e. The van der Waals surface area contributed by atoms with E-state index < -0.39 is 0 Å². The maximum absolute atomic E-state index is 5.51. The summed E-state index contributed by atoms with van der Waals surface area (Å²) in [5.41, 5.74) is 2.34. The van der Waals surface area contributed by atoms with Crippen LogP contribution in [-0.2, 0) is 6.42 Å². The summed E-state index contributed by atoms with van der Waals surface area (Å²) >= 11 is 1.49. The number of nitrogens with zero attached hydrogens (tertiary/aromatic N) is 2. The molecule has 21 heavy (non-hydrogen) atoms. The van der Waals surface area contributed by atoms with Gasteiger partial charge in [-0.3, -0.25) is 0 Å². The number of hydrogen-bond donors (Lipinski definition) is 1. The zero-order chi connectivity index (χ0) is 15.1. The van der Waals surface area contributed by atoms with Crippen LogP contribution in [0.2, 0.25) is 0 Å². The molecule has 1 atom stereocenters. The molecule has 2 rings (SSSR count). The van der Waals surface area contributed by atoms with Gasteiger partial charge in [0.15, 0.2) is 0 Å². The van der Waals surface area contributed by atoms with E-state index >= 15 is 0 Å². The van der Waals surface area contributed by atoms with Crippen molar-refractivity contribution in [3.63, 3.8) is 0 Å². The van der Waals surface area contributed by atoms with E-state index in [2.05, 4.69) is 40.9 Å². The van der Waals surface area contributed by atoms with Crippen molar-refractivity contribution in [2.24, 2.45) is 0 Å². The SMILES string of the molecule is CCCc1nnsc1C(NCC)c1ccc(OCC)cc1. The zero-order valence-electron chi connectivity index (χ0n) is 12.9. The molecule has 1 unspecified atom stereocenters. The lowest BCUT2D eigenvalue weighted by Gasteiger charge is -2.18. The van der Waals surface area contributed by atoms with Gasteiger partial charge in [0, 0.05) is 0 Å². The lowest BCUT2D eigenvalue weighted by molar-refractivity contribution is 0.340. The predicted octanol–water partition coefficient (Wildman–Crippen LogP) is 3.59. The van der Waals surface area contributed by atoms with E-state index in [9.17, 15) is 0 Å². The minimum atomic E-state index is 0.159. The maximum Gasteiger partial charge on any atom is 0.119 e. The van der Waals surface area contributed by atoms with Gasteiger partial charge >= 0.3 is 0 Å². The number of hydrogen-bond acceptors (Lipinski definition) is 5. The monoisotopic (exact) mass is 305 g/mol. The number of aryl methyl sites for hydroxylation is 1. The van der Waals surface area contributed by atoms with E-state index in [-0.39, 0.29) is 6.04 Å². The quantitative estimate of drug-likeness (QED) is 0.809. The normalized spacial score (nSPS) is 12.3. The van der Waals surface area contributed by atoms with Crippen molar-refractivity contribution >= 4 is 11.5 Å². The number of nitrogens with one attached hydrogen (secondary N) is 1. The van der Waals surface area contributed by atoms with Gasteiger partial charge in [-0.2, -0.15) is 0 Å². The molecule has 0 amide bonds. The third-order valence-electron chi connectivity index (χ3n) is 3.27. The molecule has 1 aromatic carbocycles. The minimum absolute atomic E-state index is 0.159. The fourth-order valence-electron chi connectivity index (χ4n) is 2.33. The predicted molar refractivity (Wildman–Crippen MR) is 87.0 cm³/mol. The third kappa shape index (κ3) is 4.02. The van der Waals surface area contributed by atoms with E-state index in [1.165, 1.54) is 22.0 Å². The van der Waals surface area contributed by atoms with E-state index in [1.54, 1.807) is 0 Å². The summed E-state index contributed by atoms with van der Waals surface area (Å²) < 4.78 is 9.65. The Kier molecular flexibility index (Phi) is 6.14. The molecule has 114 valence electrons. The maximum atomic E-state index is 5.51. The summed E-state index contributed by atoms with van der Waals surface area (Å²) in [5.74, 6) is 0.910. The topological polar surface area (TPSA) is 47.0 Å². The van der Waals surface area contributed by atoms with Gasteiger partial charge < -0.3 is 10.1 Å². The third-order valence-corrected chi connectivity index (χ3v) is 4.10. The highest BCUT2D eigenvalue weighted by Crippen LogP contribution is 2.29. The van der Waals surface area contributed by atoms with Gasteiger partial charge in [0.05, 0.1) is 23.2 Å². The highest BCUT2D eigenvalue weighted by molar-refractivity contribution is 7.05. The fourth-order valence-corrected chi connectivity index (χ4v) is 3.13. The van der Waals surface area contributed by atoms with Crippen LogP contribution >= 0.6 is 11.5 Å². The molecule has 4 nitrogen and oxygen atoms in total. The minimum Gasteiger partial charge on any atom is -0.494 e. The Bertz CT molecular complexity index is 539. The second kappa shape index (κ2) is 8.10. The van der Waals surface area contributed by atoms with Gasteiger partial charge in [0.25, 0.3) is 0 Å². The average Bonchev–Trinajstić information content (AvgIpc) is 2.95. The molecular formula is C16H23N3OS. The molecule has 0 saturated carbocycles. The standard InChI is InChI=1S/C16H23N3OS/c1-4-7-14-16(21-19-18-14)15(17-5-2)12-8-10-13(11-9-12)20-6-3/h8-11,15,17H,4-7H2,1-3H3. The first-order chi connectivity index (χ1) is 10.3. The van der Waals surface area contributed by atoms with Crippen molar-refractivity contribution in [1.29, 1.82) is 0 Å². The van der Waals surface area contributed by atoms with Crippen LogP contribution in [0, 0.1) is 0 Å². The van der Waals surface area contributed by atoms with Crippen molar-refractivity contribution < 1.29 is 4.74 Å². The molecule has 0 spiro atoms. The van der Waals surface area contributed by atoms with Crippen molar-refractivity contribution in [2.45, 2.75) is 39.7 Å². The van der Waals surface area contributed by atoms with Gasteiger partial charge in [-0.25, -0.2) is 0 Å². The first-order valence-electron chi connectivity index (χ1n) is 7.57. The summed E-state index contributed by atoms with van der Waals surface area (Å²) in [6.07, 6.45) is 2.06. The summed E-state index contributed by atoms with van der Waals surface area (Å²) in [5, 5.41) is 7.83. The molecule has 0 bridgehead atoms. The first kappa shape index (κ1) is 15.9. The van der Waals surface area contributed by atoms with Crippen LogP contribution in [0.1, 0.15) is 49.4 Å². The lowest BCUT2D eigenvalue weighted by Crippen LogP contribution is -2.22. The Balaban J connectivity index is 2.27. The molecule has 5 heteroatoms. The molecule has 1 N–H and O–H groups in total. The lowest BCUT2D eigenvalue weighted by atomic mass is 10.0. The molecule has 0 saturated heterocycles. The van der Waals surface area contributed by atoms with Crippen LogP contribution in [0.25, 0.3) is 0 Å². The number of ether oxygens (including phenoxy) is 1. The second-order valence-corrected chi connectivity index (χ2v) is 5.61. The van der Waals surface area contributed by atoms with Crippen molar-refractivity contribution in [2.75, 3.05) is 13.2 Å². The molecule has 0 aliphatic rings. The molecule has 0 aliphatic heterocycles. The highest BCUT2D eigenvalue weighted by atomic mass is 32.1. The molecule has 1 heterocycles. The van der Waals surface area contributed by atoms with Crippen LogP contribution < -0.4 is 10.1 Å². The average molecular weight is 305 g/mol. The van der Waals surface area contributed by atoms with E-state index in [4.69, 9.17) is 4.74 Å². The first-order valence-corrected chi connectivity index (χ1v) is 8.34. The summed E-state index contributed by atoms with van der Waals surface area (Å²) in [6, 6.07) is 8.45. The van der Waals surface area contributed by atoms with Crippen molar-refractivity contribution in [3.8, 4) is 5.75 Å². The van der Waals surface area contributed by atoms with Crippen LogP contribution in [-0.4, -0.2) is 22.7 Å². The van der Waals surface area contributed by atoms with Crippen molar-refractivity contribution in [3.05, 3.63) is 40.4 Å². The van der Waals surface area contributed by atoms with Crippen LogP contribution in [0.4, 0.5) is 0 Å². The van der Waals surface area contributed by atoms with E-state index in [0.717, 1.165) is 30.8 Å². The number of aromatic nitrogens is 2. The van der Waals surface area contributed by atoms with Gasteiger partial charge in [0.1, 0.15) is 5.75 Å². The molecule has 2 aromatic rings. The molecule has 0 radical (unpaired) electrons. The molecule has 1 aromatic heterocycles. The van der Waals surface area contributed by atoms with Gasteiger partial charge in [-0.1, -0.05) is 36.9 Å². The Labute approximate surface area is 130 Å². The molecule has 0 fully saturated rings. The van der Waals surface area contributed by atoms with Gasteiger partial charge in [-0.05, 0) is 49.1 Å². The van der Waals surface area contributed by atoms with Crippen molar-refractivity contribution in [1.82, 2.24) is 14.9 Å². The second-order valence-electron chi connectivity index (χ2n) is 4.83. The summed E-state index contributed by atoms with van der Waals surface area (Å²) in [7, 11) is 0. The Morgan fingerprint density at radius 1 is 1.19 bits per heavy atom. The Morgan fingerprint density at radius 2 is 1.95 bits per heavy atom. The van der Waals surface area contributed by atoms with Crippen LogP contribution in [0.3, 0.4) is 0 Å². The Hall–Kier alpha value is -1.46. The van der Waals surface area contributed by atoms with Crippen LogP contribution in [0.5, 0.6) is 5.75 Å². The summed E-state index contributed by atoms with van der Waals surface area (Å²) in [4.78, 5) is 1.22. The number of benzene rings is 1. The largest absolute Gasteiger partial charge is 0.494 e. The zero-order valence-corrected chi connectivity index (χ0v) is 13.7. The van der Waals surface area contributed by atoms with Crippen LogP contribution in [0.15, 0.2) is 24.3 Å². The molecular weight excluding hydrogens is 282 g/mol. The van der Waals surface area contributed by atoms with E-state index in [1.807, 2.05) is 19.1 Å². The van der Waals surface area contributed by atoms with E-state index in [0.29, 0.717) is 6.61 Å². The molecule has 0 aliphatic carbocycles. The summed E-state index contributed by atoms with van der Waals surface area (Å²) in [6.45, 7) is 7.88. The van der Waals surface area contributed by atoms with Gasteiger partial charge in [-0.15, -0.1) is 5.10 Å². The van der Waals surface area contributed by atoms with Gasteiger partial charge in [0.2, 0.25) is 0 Å². The Morgan fingerprint density at radius 3 is 2.57 bits per heavy atom.